The first-order valence-electron chi connectivity index (χ1n) is 4.39. The molecule has 15 heavy (non-hydrogen) atoms. The summed E-state index contributed by atoms with van der Waals surface area (Å²) >= 11 is 0. The standard InChI is InChI=1S/C11H14O3.Zn/c1-11(2,3)7-4-5-9(12)8(6-7)10(13)14;/h4-6,12H,1-3H3,(H,13,14);. The van der Waals surface area contributed by atoms with Crippen LogP contribution in [0.4, 0.5) is 0 Å². The Morgan fingerprint density at radius 3 is 2.20 bits per heavy atom. The number of benzene rings is 1. The molecule has 0 amide bonds. The van der Waals surface area contributed by atoms with Gasteiger partial charge in [-0.05, 0) is 23.1 Å². The molecule has 0 fully saturated rings. The zero-order valence-corrected chi connectivity index (χ0v) is 12.2. The maximum atomic E-state index is 10.7. The molecule has 2 N–H and O–H groups in total. The maximum absolute atomic E-state index is 10.7. The Labute approximate surface area is 102 Å². The Kier molecular flexibility index (Phi) is 4.48. The molecule has 0 saturated heterocycles. The van der Waals surface area contributed by atoms with Gasteiger partial charge in [-0.1, -0.05) is 26.8 Å². The van der Waals surface area contributed by atoms with Crippen LogP contribution in [0.1, 0.15) is 36.7 Å². The topological polar surface area (TPSA) is 57.5 Å². The minimum absolute atomic E-state index is 0. The number of rotatable bonds is 1. The maximum Gasteiger partial charge on any atom is 0.339 e. The van der Waals surface area contributed by atoms with Crippen molar-refractivity contribution in [2.45, 2.75) is 26.2 Å². The summed E-state index contributed by atoms with van der Waals surface area (Å²) in [5.41, 5.74) is 0.739. The van der Waals surface area contributed by atoms with Gasteiger partial charge in [-0.15, -0.1) is 0 Å². The molecule has 4 heteroatoms. The van der Waals surface area contributed by atoms with Crippen molar-refractivity contribution in [1.29, 1.82) is 0 Å². The molecule has 0 aliphatic rings. The number of hydrogen-bond donors (Lipinski definition) is 2. The van der Waals surface area contributed by atoms with Crippen molar-refractivity contribution < 1.29 is 34.5 Å². The predicted octanol–water partition coefficient (Wildman–Crippen LogP) is 2.39. The molecule has 0 saturated carbocycles. The van der Waals surface area contributed by atoms with Crippen LogP contribution in [0.25, 0.3) is 0 Å². The van der Waals surface area contributed by atoms with Crippen LogP contribution in [-0.4, -0.2) is 16.2 Å². The number of carbonyl (C=O) groups is 1. The van der Waals surface area contributed by atoms with Gasteiger partial charge in [0.15, 0.2) is 0 Å². The molecule has 0 aromatic heterocycles. The van der Waals surface area contributed by atoms with Crippen LogP contribution in [0.15, 0.2) is 18.2 Å². The second-order valence-corrected chi connectivity index (χ2v) is 4.29. The zero-order valence-electron chi connectivity index (χ0n) is 9.24. The first-order chi connectivity index (χ1) is 6.32. The molecule has 78 valence electrons. The van der Waals surface area contributed by atoms with Gasteiger partial charge in [0.1, 0.15) is 11.3 Å². The van der Waals surface area contributed by atoms with Gasteiger partial charge in [0.25, 0.3) is 0 Å². The van der Waals surface area contributed by atoms with E-state index in [1.807, 2.05) is 20.8 Å². The fourth-order valence-corrected chi connectivity index (χ4v) is 1.17. The van der Waals surface area contributed by atoms with Crippen molar-refractivity contribution >= 4 is 5.97 Å². The summed E-state index contributed by atoms with van der Waals surface area (Å²) in [6.45, 7) is 5.97. The van der Waals surface area contributed by atoms with Crippen LogP contribution >= 0.6 is 0 Å². The van der Waals surface area contributed by atoms with E-state index in [1.54, 1.807) is 6.07 Å². The molecule has 0 bridgehead atoms. The number of aromatic hydroxyl groups is 1. The van der Waals surface area contributed by atoms with Crippen LogP contribution in [0, 0.1) is 0 Å². The summed E-state index contributed by atoms with van der Waals surface area (Å²) in [7, 11) is 0. The van der Waals surface area contributed by atoms with Crippen molar-refractivity contribution in [3.63, 3.8) is 0 Å². The fraction of sp³-hybridized carbons (Fsp3) is 0.364. The van der Waals surface area contributed by atoms with Crippen LogP contribution in [0.3, 0.4) is 0 Å². The third-order valence-corrected chi connectivity index (χ3v) is 2.09. The molecule has 0 radical (unpaired) electrons. The normalized spacial score (nSPS) is 10.6. The molecular weight excluding hydrogens is 246 g/mol. The molecule has 0 unspecified atom stereocenters. The van der Waals surface area contributed by atoms with Crippen LogP contribution < -0.4 is 0 Å². The van der Waals surface area contributed by atoms with E-state index in [4.69, 9.17) is 5.11 Å². The first kappa shape index (κ1) is 14.1. The van der Waals surface area contributed by atoms with Gasteiger partial charge in [0, 0.05) is 19.5 Å². The van der Waals surface area contributed by atoms with E-state index < -0.39 is 5.97 Å². The van der Waals surface area contributed by atoms with Gasteiger partial charge in [0.2, 0.25) is 0 Å². The van der Waals surface area contributed by atoms with E-state index in [0.29, 0.717) is 0 Å². The molecule has 0 aliphatic carbocycles. The third kappa shape index (κ3) is 3.31. The van der Waals surface area contributed by atoms with E-state index in [2.05, 4.69) is 0 Å². The average Bonchev–Trinajstić information content (AvgIpc) is 2.02. The molecular formula is C11H14O3Zn. The Morgan fingerprint density at radius 2 is 1.80 bits per heavy atom. The van der Waals surface area contributed by atoms with Gasteiger partial charge in [-0.25, -0.2) is 4.79 Å². The van der Waals surface area contributed by atoms with Crippen molar-refractivity contribution in [2.75, 3.05) is 0 Å². The predicted molar refractivity (Wildman–Crippen MR) is 53.8 cm³/mol. The molecule has 0 spiro atoms. The summed E-state index contributed by atoms with van der Waals surface area (Å²) < 4.78 is 0. The second-order valence-electron chi connectivity index (χ2n) is 4.29. The Hall–Kier alpha value is -0.887. The third-order valence-electron chi connectivity index (χ3n) is 2.09. The van der Waals surface area contributed by atoms with E-state index in [-0.39, 0.29) is 36.2 Å². The van der Waals surface area contributed by atoms with Gasteiger partial charge in [0.05, 0.1) is 0 Å². The first-order valence-corrected chi connectivity index (χ1v) is 4.39. The largest absolute Gasteiger partial charge is 0.507 e. The Bertz CT molecular complexity index is 367. The van der Waals surface area contributed by atoms with E-state index in [0.717, 1.165) is 5.56 Å². The zero-order chi connectivity index (χ0) is 10.9. The summed E-state index contributed by atoms with van der Waals surface area (Å²) in [6, 6.07) is 4.67. The van der Waals surface area contributed by atoms with Crippen molar-refractivity contribution in [1.82, 2.24) is 0 Å². The van der Waals surface area contributed by atoms with Crippen LogP contribution in [0.5, 0.6) is 5.75 Å². The number of phenols is 1. The number of carboxylic acid groups (broad SMARTS) is 1. The Balaban J connectivity index is 0.00000196. The van der Waals surface area contributed by atoms with Crippen LogP contribution in [0.2, 0.25) is 0 Å². The van der Waals surface area contributed by atoms with E-state index >= 15 is 0 Å². The minimum Gasteiger partial charge on any atom is -0.507 e. The summed E-state index contributed by atoms with van der Waals surface area (Å²) in [6.07, 6.45) is 0. The minimum atomic E-state index is -1.10. The van der Waals surface area contributed by atoms with Gasteiger partial charge in [-0.2, -0.15) is 0 Å². The van der Waals surface area contributed by atoms with Gasteiger partial charge < -0.3 is 10.2 Å². The molecule has 1 rings (SSSR count). The van der Waals surface area contributed by atoms with Crippen molar-refractivity contribution in [3.8, 4) is 5.75 Å². The molecule has 0 aliphatic heterocycles. The van der Waals surface area contributed by atoms with Gasteiger partial charge >= 0.3 is 5.97 Å². The SMILES string of the molecule is CC(C)(C)c1ccc(O)c(C(=O)O)c1.[Zn]. The van der Waals surface area contributed by atoms with E-state index in [9.17, 15) is 9.90 Å². The van der Waals surface area contributed by atoms with Gasteiger partial charge in [-0.3, -0.25) is 0 Å². The number of aromatic carboxylic acids is 1. The summed E-state index contributed by atoms with van der Waals surface area (Å²) in [5.74, 6) is -1.29. The van der Waals surface area contributed by atoms with Crippen molar-refractivity contribution in [3.05, 3.63) is 29.3 Å². The fourth-order valence-electron chi connectivity index (χ4n) is 1.17. The van der Waals surface area contributed by atoms with Crippen LogP contribution in [-0.2, 0) is 24.9 Å². The second kappa shape index (κ2) is 4.76. The molecule has 1 aromatic carbocycles. The smallest absolute Gasteiger partial charge is 0.339 e. The monoisotopic (exact) mass is 258 g/mol. The summed E-state index contributed by atoms with van der Waals surface area (Å²) in [4.78, 5) is 10.7. The molecule has 3 nitrogen and oxygen atoms in total. The number of carboxylic acids is 1. The van der Waals surface area contributed by atoms with Crippen molar-refractivity contribution in [2.24, 2.45) is 0 Å². The number of hydrogen-bond acceptors (Lipinski definition) is 2. The molecule has 1 aromatic rings. The quantitative estimate of drug-likeness (QED) is 0.762. The molecule has 0 atom stereocenters. The Morgan fingerprint density at radius 1 is 1.27 bits per heavy atom. The summed E-state index contributed by atoms with van der Waals surface area (Å²) in [5, 5.41) is 18.1. The molecule has 0 heterocycles. The van der Waals surface area contributed by atoms with E-state index in [1.165, 1.54) is 12.1 Å². The average molecular weight is 260 g/mol.